The first-order valence-corrected chi connectivity index (χ1v) is 13.8. The Labute approximate surface area is 237 Å². The van der Waals surface area contributed by atoms with Gasteiger partial charge in [-0.25, -0.2) is 4.98 Å². The summed E-state index contributed by atoms with van der Waals surface area (Å²) in [6, 6.07) is 26.2. The van der Waals surface area contributed by atoms with Gasteiger partial charge in [0.15, 0.2) is 0 Å². The first kappa shape index (κ1) is 24.8. The van der Waals surface area contributed by atoms with Crippen LogP contribution in [-0.2, 0) is 11.2 Å². The number of anilines is 3. The van der Waals surface area contributed by atoms with E-state index in [1.54, 1.807) is 0 Å². The molecule has 3 aromatic heterocycles. The summed E-state index contributed by atoms with van der Waals surface area (Å²) in [5.41, 5.74) is 7.85. The number of benzene rings is 3. The molecule has 4 heterocycles. The molecule has 0 saturated carbocycles. The Balaban J connectivity index is 1.03. The number of aromatic amines is 1. The number of nitrogens with one attached hydrogen (secondary N) is 2. The first-order valence-electron chi connectivity index (χ1n) is 13.8. The number of carbonyl (C=O) groups is 1. The van der Waals surface area contributed by atoms with Crippen molar-refractivity contribution < 1.29 is 4.79 Å². The molecule has 1 aliphatic rings. The van der Waals surface area contributed by atoms with Crippen LogP contribution in [0.15, 0.2) is 104 Å². The van der Waals surface area contributed by atoms with Gasteiger partial charge in [0.1, 0.15) is 5.82 Å². The fourth-order valence-corrected chi connectivity index (χ4v) is 5.48. The number of nitrogens with zero attached hydrogens (tertiary/aromatic N) is 5. The van der Waals surface area contributed by atoms with Gasteiger partial charge in [-0.05, 0) is 59.2 Å². The number of fused-ring (bicyclic) bond motifs is 2. The van der Waals surface area contributed by atoms with Crippen LogP contribution in [0.2, 0.25) is 0 Å². The molecule has 8 heteroatoms. The average Bonchev–Trinajstić information content (AvgIpc) is 3.44. The molecule has 0 bridgehead atoms. The Kier molecular flexibility index (Phi) is 6.48. The third-order valence-corrected chi connectivity index (χ3v) is 7.69. The van der Waals surface area contributed by atoms with Gasteiger partial charge in [0, 0.05) is 67.0 Å². The van der Waals surface area contributed by atoms with Crippen LogP contribution in [-0.4, -0.2) is 52.0 Å². The summed E-state index contributed by atoms with van der Waals surface area (Å²) in [4.78, 5) is 34.4. The van der Waals surface area contributed by atoms with Gasteiger partial charge < -0.3 is 20.1 Å². The van der Waals surface area contributed by atoms with E-state index in [0.29, 0.717) is 6.42 Å². The molecular weight excluding hydrogens is 510 g/mol. The van der Waals surface area contributed by atoms with Crippen LogP contribution in [0.5, 0.6) is 0 Å². The molecule has 0 radical (unpaired) electrons. The number of pyridine rings is 1. The van der Waals surface area contributed by atoms with Gasteiger partial charge in [0.2, 0.25) is 5.91 Å². The summed E-state index contributed by atoms with van der Waals surface area (Å²) >= 11 is 0. The van der Waals surface area contributed by atoms with E-state index in [-0.39, 0.29) is 5.91 Å². The second-order valence-electron chi connectivity index (χ2n) is 10.3. The smallest absolute Gasteiger partial charge is 0.228 e. The van der Waals surface area contributed by atoms with E-state index in [0.717, 1.165) is 76.3 Å². The molecule has 3 aromatic carbocycles. The van der Waals surface area contributed by atoms with Crippen molar-refractivity contribution in [3.8, 4) is 11.1 Å². The number of piperazine rings is 1. The molecule has 1 saturated heterocycles. The van der Waals surface area contributed by atoms with Gasteiger partial charge in [0.25, 0.3) is 0 Å². The zero-order chi connectivity index (χ0) is 27.6. The molecule has 1 fully saturated rings. The van der Waals surface area contributed by atoms with E-state index >= 15 is 0 Å². The summed E-state index contributed by atoms with van der Waals surface area (Å²) in [5.74, 6) is 0.856. The van der Waals surface area contributed by atoms with Crippen LogP contribution in [0.4, 0.5) is 17.2 Å². The second-order valence-corrected chi connectivity index (χ2v) is 10.3. The van der Waals surface area contributed by atoms with Crippen molar-refractivity contribution in [2.75, 3.05) is 41.3 Å². The minimum Gasteiger partial charge on any atom is -0.368 e. The van der Waals surface area contributed by atoms with Crippen molar-refractivity contribution in [2.45, 2.75) is 6.42 Å². The van der Waals surface area contributed by atoms with Gasteiger partial charge in [-0.3, -0.25) is 14.8 Å². The second kappa shape index (κ2) is 10.7. The quantitative estimate of drug-likeness (QED) is 0.283. The Bertz CT molecular complexity index is 1820. The predicted octanol–water partition coefficient (Wildman–Crippen LogP) is 5.68. The number of para-hydroxylation sites is 1. The lowest BCUT2D eigenvalue weighted by Crippen LogP contribution is -2.46. The number of hydrogen-bond donors (Lipinski definition) is 2. The van der Waals surface area contributed by atoms with Crippen molar-refractivity contribution in [1.29, 1.82) is 0 Å². The highest BCUT2D eigenvalue weighted by Gasteiger charge is 2.19. The lowest BCUT2D eigenvalue weighted by molar-refractivity contribution is -0.115. The number of amides is 1. The highest BCUT2D eigenvalue weighted by atomic mass is 16.1. The predicted molar refractivity (Wildman–Crippen MR) is 164 cm³/mol. The Morgan fingerprint density at radius 3 is 2.41 bits per heavy atom. The van der Waals surface area contributed by atoms with Crippen molar-refractivity contribution in [3.63, 3.8) is 0 Å². The fraction of sp³-hybridized carbons (Fsp3) is 0.152. The number of hydrogen-bond acceptors (Lipinski definition) is 6. The minimum absolute atomic E-state index is 0.0439. The van der Waals surface area contributed by atoms with Gasteiger partial charge in [-0.15, -0.1) is 0 Å². The largest absolute Gasteiger partial charge is 0.368 e. The maximum Gasteiger partial charge on any atom is 0.228 e. The van der Waals surface area contributed by atoms with Crippen molar-refractivity contribution >= 4 is 45.0 Å². The Morgan fingerprint density at radius 2 is 1.59 bits per heavy atom. The maximum atomic E-state index is 12.7. The third-order valence-electron chi connectivity index (χ3n) is 7.69. The lowest BCUT2D eigenvalue weighted by atomic mass is 10.0. The van der Waals surface area contributed by atoms with Crippen LogP contribution < -0.4 is 15.1 Å². The summed E-state index contributed by atoms with van der Waals surface area (Å²) in [7, 11) is 0. The number of H-pyrrole nitrogens is 1. The van der Waals surface area contributed by atoms with Crippen molar-refractivity contribution in [1.82, 2.24) is 19.9 Å². The molecule has 0 unspecified atom stereocenters. The van der Waals surface area contributed by atoms with Crippen molar-refractivity contribution in [3.05, 3.63) is 109 Å². The van der Waals surface area contributed by atoms with Crippen LogP contribution >= 0.6 is 0 Å². The monoisotopic (exact) mass is 539 g/mol. The molecule has 0 atom stereocenters. The summed E-state index contributed by atoms with van der Waals surface area (Å²) < 4.78 is 0. The molecule has 0 spiro atoms. The normalized spacial score (nSPS) is 13.6. The highest BCUT2D eigenvalue weighted by Crippen LogP contribution is 2.27. The molecular formula is C33H29N7O. The number of carbonyl (C=O) groups excluding carboxylic acids is 1. The van der Waals surface area contributed by atoms with Gasteiger partial charge in [-0.1, -0.05) is 36.4 Å². The molecule has 8 nitrogen and oxygen atoms in total. The first-order chi connectivity index (χ1) is 20.2. The SMILES string of the molecule is O=C(Cc1c[nH]c2ccccc12)Nc1ccc(-c2ccc3ncc(N4CCN(c5ccncc5)CC4)nc3c2)cc1. The van der Waals surface area contributed by atoms with E-state index in [9.17, 15) is 4.79 Å². The van der Waals surface area contributed by atoms with Gasteiger partial charge in [-0.2, -0.15) is 0 Å². The molecule has 7 rings (SSSR count). The molecule has 41 heavy (non-hydrogen) atoms. The van der Waals surface area contributed by atoms with E-state index in [1.165, 1.54) is 5.69 Å². The van der Waals surface area contributed by atoms with E-state index < -0.39 is 0 Å². The Morgan fingerprint density at radius 1 is 0.829 bits per heavy atom. The maximum absolute atomic E-state index is 12.7. The third kappa shape index (κ3) is 5.19. The average molecular weight is 540 g/mol. The van der Waals surface area contributed by atoms with E-state index in [4.69, 9.17) is 4.98 Å². The van der Waals surface area contributed by atoms with Crippen LogP contribution in [0, 0.1) is 0 Å². The molecule has 2 N–H and O–H groups in total. The van der Waals surface area contributed by atoms with E-state index in [1.807, 2.05) is 79.4 Å². The Hall–Kier alpha value is -5.24. The molecule has 0 aliphatic carbocycles. The topological polar surface area (TPSA) is 90.0 Å². The molecule has 202 valence electrons. The van der Waals surface area contributed by atoms with Crippen LogP contribution in [0.25, 0.3) is 33.1 Å². The fourth-order valence-electron chi connectivity index (χ4n) is 5.48. The standard InChI is InChI=1S/C33H29N7O/c41-33(20-25-21-35-29-4-2-1-3-28(25)29)37-26-8-5-23(6-9-26)24-7-10-30-31(19-24)38-32(22-36-30)40-17-15-39(16-18-40)27-11-13-34-14-12-27/h1-14,19,21-22,35H,15-18,20H2,(H,37,41). The minimum atomic E-state index is -0.0439. The molecule has 1 amide bonds. The summed E-state index contributed by atoms with van der Waals surface area (Å²) in [6.45, 7) is 3.62. The van der Waals surface area contributed by atoms with Crippen LogP contribution in [0.3, 0.4) is 0 Å². The van der Waals surface area contributed by atoms with Crippen LogP contribution in [0.1, 0.15) is 5.56 Å². The molecule has 1 aliphatic heterocycles. The number of rotatable bonds is 6. The number of aromatic nitrogens is 4. The van der Waals surface area contributed by atoms with Gasteiger partial charge >= 0.3 is 0 Å². The van der Waals surface area contributed by atoms with Crippen molar-refractivity contribution in [2.24, 2.45) is 0 Å². The lowest BCUT2D eigenvalue weighted by Gasteiger charge is -2.36. The summed E-state index contributed by atoms with van der Waals surface area (Å²) in [5, 5.41) is 4.10. The van der Waals surface area contributed by atoms with Gasteiger partial charge in [0.05, 0.1) is 23.7 Å². The van der Waals surface area contributed by atoms with E-state index in [2.05, 4.69) is 54.3 Å². The zero-order valence-corrected chi connectivity index (χ0v) is 22.5. The molecule has 6 aromatic rings. The zero-order valence-electron chi connectivity index (χ0n) is 22.5. The highest BCUT2D eigenvalue weighted by molar-refractivity contribution is 5.96. The summed E-state index contributed by atoms with van der Waals surface area (Å²) in [6.07, 6.45) is 7.77.